The SMILES string of the molecule is O=C1NC(F)(F)C2CCCN12. The molecule has 3 nitrogen and oxygen atoms in total. The molecule has 1 atom stereocenters. The summed E-state index contributed by atoms with van der Waals surface area (Å²) in [7, 11) is 0. The summed E-state index contributed by atoms with van der Waals surface area (Å²) in [5.74, 6) is 0. The second-order valence-electron chi connectivity index (χ2n) is 2.90. The van der Waals surface area contributed by atoms with Gasteiger partial charge in [-0.1, -0.05) is 0 Å². The van der Waals surface area contributed by atoms with Crippen molar-refractivity contribution >= 4 is 6.03 Å². The Morgan fingerprint density at radius 2 is 2.36 bits per heavy atom. The molecular weight excluding hydrogens is 154 g/mol. The second kappa shape index (κ2) is 1.84. The number of amides is 2. The van der Waals surface area contributed by atoms with Crippen LogP contribution in [0.4, 0.5) is 13.6 Å². The Kier molecular flexibility index (Phi) is 1.14. The number of hydrogen-bond donors (Lipinski definition) is 1. The first-order valence-electron chi connectivity index (χ1n) is 3.58. The Balaban J connectivity index is 2.27. The average molecular weight is 162 g/mol. The van der Waals surface area contributed by atoms with Crippen molar-refractivity contribution in [1.82, 2.24) is 10.2 Å². The first-order chi connectivity index (χ1) is 5.11. The number of carbonyl (C=O) groups excluding carboxylic acids is 1. The highest BCUT2D eigenvalue weighted by Crippen LogP contribution is 2.34. The molecular formula is C6H8F2N2O. The summed E-state index contributed by atoms with van der Waals surface area (Å²) in [6.07, 6.45) is 1.10. The van der Waals surface area contributed by atoms with E-state index in [9.17, 15) is 13.6 Å². The van der Waals surface area contributed by atoms with Gasteiger partial charge >= 0.3 is 12.1 Å². The monoisotopic (exact) mass is 162 g/mol. The number of halogens is 2. The van der Waals surface area contributed by atoms with Gasteiger partial charge < -0.3 is 4.90 Å². The fourth-order valence-electron chi connectivity index (χ4n) is 1.68. The smallest absolute Gasteiger partial charge is 0.314 e. The van der Waals surface area contributed by atoms with E-state index in [1.807, 2.05) is 0 Å². The molecule has 5 heteroatoms. The Labute approximate surface area is 62.4 Å². The zero-order chi connectivity index (χ0) is 8.06. The van der Waals surface area contributed by atoms with Gasteiger partial charge in [0, 0.05) is 6.54 Å². The molecule has 62 valence electrons. The van der Waals surface area contributed by atoms with Crippen molar-refractivity contribution in [3.05, 3.63) is 0 Å². The van der Waals surface area contributed by atoms with Crippen LogP contribution in [0.2, 0.25) is 0 Å². The molecule has 2 aliphatic rings. The molecule has 0 aromatic heterocycles. The van der Waals surface area contributed by atoms with Crippen LogP contribution in [0.5, 0.6) is 0 Å². The zero-order valence-corrected chi connectivity index (χ0v) is 5.81. The van der Waals surface area contributed by atoms with Gasteiger partial charge in [-0.15, -0.1) is 0 Å². The molecule has 2 heterocycles. The number of fused-ring (bicyclic) bond motifs is 1. The Morgan fingerprint density at radius 1 is 1.64 bits per heavy atom. The minimum Gasteiger partial charge on any atom is -0.314 e. The maximum absolute atomic E-state index is 12.8. The number of nitrogens with one attached hydrogen (secondary N) is 1. The highest BCUT2D eigenvalue weighted by atomic mass is 19.3. The van der Waals surface area contributed by atoms with E-state index in [1.165, 1.54) is 4.90 Å². The van der Waals surface area contributed by atoms with Crippen LogP contribution in [-0.4, -0.2) is 29.6 Å². The third-order valence-corrected chi connectivity index (χ3v) is 2.21. The van der Waals surface area contributed by atoms with Crippen molar-refractivity contribution in [2.45, 2.75) is 24.9 Å². The highest BCUT2D eigenvalue weighted by molar-refractivity contribution is 5.78. The minimum absolute atomic E-state index is 0.408. The molecule has 0 aliphatic carbocycles. The molecule has 11 heavy (non-hydrogen) atoms. The third kappa shape index (κ3) is 0.797. The normalized spacial score (nSPS) is 33.8. The summed E-state index contributed by atoms with van der Waals surface area (Å²) < 4.78 is 25.6. The van der Waals surface area contributed by atoms with Gasteiger partial charge in [0.15, 0.2) is 0 Å². The van der Waals surface area contributed by atoms with E-state index in [2.05, 4.69) is 0 Å². The van der Waals surface area contributed by atoms with Crippen LogP contribution in [0.1, 0.15) is 12.8 Å². The van der Waals surface area contributed by atoms with E-state index in [0.717, 1.165) is 0 Å². The van der Waals surface area contributed by atoms with Gasteiger partial charge in [-0.2, -0.15) is 8.78 Å². The van der Waals surface area contributed by atoms with Gasteiger partial charge in [-0.25, -0.2) is 4.79 Å². The zero-order valence-electron chi connectivity index (χ0n) is 5.81. The summed E-state index contributed by atoms with van der Waals surface area (Å²) in [4.78, 5) is 12.0. The van der Waals surface area contributed by atoms with Crippen LogP contribution in [0.3, 0.4) is 0 Å². The molecule has 0 spiro atoms. The standard InChI is InChI=1S/C6H8F2N2O/c7-6(8)4-2-1-3-10(4)5(11)9-6/h4H,1-3H2,(H,9,11). The lowest BCUT2D eigenvalue weighted by molar-refractivity contribution is -0.0421. The van der Waals surface area contributed by atoms with E-state index >= 15 is 0 Å². The summed E-state index contributed by atoms with van der Waals surface area (Å²) in [6, 6.07) is -4.53. The van der Waals surface area contributed by atoms with E-state index in [4.69, 9.17) is 0 Å². The molecule has 0 aromatic carbocycles. The lowest BCUT2D eigenvalue weighted by Crippen LogP contribution is -2.39. The molecule has 2 saturated heterocycles. The molecule has 2 fully saturated rings. The van der Waals surface area contributed by atoms with Gasteiger partial charge in [0.25, 0.3) is 0 Å². The van der Waals surface area contributed by atoms with Crippen LogP contribution in [0.25, 0.3) is 0 Å². The van der Waals surface area contributed by atoms with E-state index in [1.54, 1.807) is 5.32 Å². The maximum Gasteiger partial charge on any atom is 0.347 e. The van der Waals surface area contributed by atoms with Crippen LogP contribution >= 0.6 is 0 Å². The quantitative estimate of drug-likeness (QED) is 0.524. The number of carbonyl (C=O) groups is 1. The first kappa shape index (κ1) is 6.82. The molecule has 1 unspecified atom stereocenters. The molecule has 2 rings (SSSR count). The number of nitrogens with zero attached hydrogens (tertiary/aromatic N) is 1. The Bertz CT molecular complexity index is 207. The van der Waals surface area contributed by atoms with Gasteiger partial charge in [0.1, 0.15) is 6.04 Å². The minimum atomic E-state index is -3.01. The van der Waals surface area contributed by atoms with Crippen LogP contribution in [0.15, 0.2) is 0 Å². The molecule has 0 saturated carbocycles. The molecule has 0 aromatic rings. The summed E-state index contributed by atoms with van der Waals surface area (Å²) in [6.45, 7) is 0.464. The lowest BCUT2D eigenvalue weighted by Gasteiger charge is -2.16. The predicted molar refractivity (Wildman–Crippen MR) is 33.2 cm³/mol. The fourth-order valence-corrected chi connectivity index (χ4v) is 1.68. The van der Waals surface area contributed by atoms with Crippen molar-refractivity contribution < 1.29 is 13.6 Å². The van der Waals surface area contributed by atoms with Crippen LogP contribution < -0.4 is 5.32 Å². The van der Waals surface area contributed by atoms with Crippen molar-refractivity contribution in [2.75, 3.05) is 6.54 Å². The fraction of sp³-hybridized carbons (Fsp3) is 0.833. The molecule has 1 N–H and O–H groups in total. The second-order valence-corrected chi connectivity index (χ2v) is 2.90. The summed E-state index contributed by atoms with van der Waals surface area (Å²) >= 11 is 0. The Morgan fingerprint density at radius 3 is 3.00 bits per heavy atom. The van der Waals surface area contributed by atoms with Crippen molar-refractivity contribution in [3.63, 3.8) is 0 Å². The van der Waals surface area contributed by atoms with Crippen molar-refractivity contribution in [3.8, 4) is 0 Å². The maximum atomic E-state index is 12.8. The number of alkyl halides is 2. The first-order valence-corrected chi connectivity index (χ1v) is 3.58. The summed E-state index contributed by atoms with van der Waals surface area (Å²) in [5.41, 5.74) is 0. The average Bonchev–Trinajstić information content (AvgIpc) is 2.37. The van der Waals surface area contributed by atoms with E-state index in [0.29, 0.717) is 19.4 Å². The predicted octanol–water partition coefficient (Wildman–Crippen LogP) is 0.767. The van der Waals surface area contributed by atoms with Gasteiger partial charge in [0.05, 0.1) is 0 Å². The largest absolute Gasteiger partial charge is 0.347 e. The third-order valence-electron chi connectivity index (χ3n) is 2.21. The topological polar surface area (TPSA) is 32.3 Å². The Hall–Kier alpha value is -0.870. The number of urea groups is 1. The number of hydrogen-bond acceptors (Lipinski definition) is 1. The van der Waals surface area contributed by atoms with Crippen LogP contribution in [0, 0.1) is 0 Å². The van der Waals surface area contributed by atoms with Gasteiger partial charge in [0.2, 0.25) is 0 Å². The van der Waals surface area contributed by atoms with Gasteiger partial charge in [-0.3, -0.25) is 5.32 Å². The van der Waals surface area contributed by atoms with E-state index in [-0.39, 0.29) is 0 Å². The molecule has 2 aliphatic heterocycles. The lowest BCUT2D eigenvalue weighted by atomic mass is 10.2. The number of rotatable bonds is 0. The van der Waals surface area contributed by atoms with Crippen molar-refractivity contribution in [2.24, 2.45) is 0 Å². The molecule has 2 amide bonds. The highest BCUT2D eigenvalue weighted by Gasteiger charge is 2.54. The molecule has 0 bridgehead atoms. The van der Waals surface area contributed by atoms with E-state index < -0.39 is 18.1 Å². The molecule has 0 radical (unpaired) electrons. The summed E-state index contributed by atoms with van der Waals surface area (Å²) in [5, 5.41) is 1.65. The van der Waals surface area contributed by atoms with Crippen molar-refractivity contribution in [1.29, 1.82) is 0 Å². The van der Waals surface area contributed by atoms with Crippen LogP contribution in [-0.2, 0) is 0 Å². The van der Waals surface area contributed by atoms with Gasteiger partial charge in [-0.05, 0) is 12.8 Å².